The Labute approximate surface area is 242 Å². The number of methoxy groups -OCH3 is 1. The van der Waals surface area contributed by atoms with Crippen LogP contribution >= 0.6 is 0 Å². The number of aryl methyl sites for hydroxylation is 2. The zero-order valence-electron chi connectivity index (χ0n) is 25.7. The zero-order valence-corrected chi connectivity index (χ0v) is 26.5. The molecular formula is C31H52N4O4S. The number of carbonyl (C=O) groups excluding carboxylic acids is 1. The van der Waals surface area contributed by atoms with Crippen LogP contribution in [0.15, 0.2) is 17.0 Å². The Morgan fingerprint density at radius 2 is 1.68 bits per heavy atom. The summed E-state index contributed by atoms with van der Waals surface area (Å²) in [7, 11) is -0.584. The van der Waals surface area contributed by atoms with Crippen molar-refractivity contribution in [1.29, 1.82) is 0 Å². The van der Waals surface area contributed by atoms with Gasteiger partial charge in [-0.05, 0) is 113 Å². The number of amides is 1. The minimum absolute atomic E-state index is 0.0698. The number of hydrogen-bond donors (Lipinski definition) is 1. The van der Waals surface area contributed by atoms with Crippen molar-refractivity contribution < 1.29 is 17.9 Å². The lowest BCUT2D eigenvalue weighted by molar-refractivity contribution is -0.122. The van der Waals surface area contributed by atoms with E-state index in [0.29, 0.717) is 33.2 Å². The molecule has 0 unspecified atom stereocenters. The summed E-state index contributed by atoms with van der Waals surface area (Å²) in [5.41, 5.74) is 1.77. The van der Waals surface area contributed by atoms with E-state index in [1.807, 2.05) is 0 Å². The van der Waals surface area contributed by atoms with Crippen molar-refractivity contribution in [3.05, 3.63) is 23.3 Å². The highest BCUT2D eigenvalue weighted by molar-refractivity contribution is 7.89. The molecule has 2 aliphatic heterocycles. The van der Waals surface area contributed by atoms with Gasteiger partial charge in [-0.3, -0.25) is 4.79 Å². The second kappa shape index (κ2) is 13.1. The SMILES string of the molecule is COc1cc(C)c(S(=O)(=O)N(C)CCC(=O)NC2CCC(N3CCC(CN4CCC(C)(C)C4)CC3)CC2)c(C)c1. The van der Waals surface area contributed by atoms with Crippen LogP contribution < -0.4 is 10.1 Å². The lowest BCUT2D eigenvalue weighted by Crippen LogP contribution is -2.47. The number of benzene rings is 1. The third kappa shape index (κ3) is 7.78. The highest BCUT2D eigenvalue weighted by Gasteiger charge is 2.33. The third-order valence-corrected chi connectivity index (χ3v) is 11.7. The van der Waals surface area contributed by atoms with Crippen LogP contribution in [-0.2, 0) is 14.8 Å². The Balaban J connectivity index is 1.16. The first-order valence-corrected chi connectivity index (χ1v) is 16.7. The molecule has 1 N–H and O–H groups in total. The van der Waals surface area contributed by atoms with Crippen molar-refractivity contribution in [1.82, 2.24) is 19.4 Å². The van der Waals surface area contributed by atoms with Gasteiger partial charge in [0.1, 0.15) is 5.75 Å². The summed E-state index contributed by atoms with van der Waals surface area (Å²) < 4.78 is 33.0. The molecule has 1 aromatic carbocycles. The Kier molecular flexibility index (Phi) is 10.2. The standard InChI is InChI=1S/C31H52N4O4S/c1-23-19-28(39-6)20-24(2)30(23)40(37,38)33(5)15-13-29(36)32-26-7-9-27(10-8-26)35-16-11-25(12-17-35)21-34-18-14-31(3,4)22-34/h19-20,25-27H,7-18,21-22H2,1-6H3,(H,32,36). The van der Waals surface area contributed by atoms with Crippen LogP contribution in [0.3, 0.4) is 0 Å². The molecule has 0 aromatic heterocycles. The summed E-state index contributed by atoms with van der Waals surface area (Å²) in [4.78, 5) is 18.4. The molecule has 40 heavy (non-hydrogen) atoms. The van der Waals surface area contributed by atoms with Gasteiger partial charge in [0.05, 0.1) is 12.0 Å². The van der Waals surface area contributed by atoms with Gasteiger partial charge in [-0.25, -0.2) is 12.7 Å². The summed E-state index contributed by atoms with van der Waals surface area (Å²) in [5, 5.41) is 3.18. The Bertz CT molecular complexity index is 1100. The van der Waals surface area contributed by atoms with Gasteiger partial charge < -0.3 is 19.9 Å². The lowest BCUT2D eigenvalue weighted by atomic mass is 9.87. The smallest absolute Gasteiger partial charge is 0.243 e. The van der Waals surface area contributed by atoms with E-state index in [1.165, 1.54) is 56.3 Å². The molecule has 2 saturated heterocycles. The second-order valence-electron chi connectivity index (χ2n) is 13.4. The number of rotatable bonds is 10. The van der Waals surface area contributed by atoms with Crippen LogP contribution in [0, 0.1) is 25.2 Å². The number of likely N-dealkylation sites (tertiary alicyclic amines) is 2. The van der Waals surface area contributed by atoms with Crippen LogP contribution in [-0.4, -0.2) is 93.9 Å². The Morgan fingerprint density at radius 3 is 2.23 bits per heavy atom. The maximum Gasteiger partial charge on any atom is 0.243 e. The quantitative estimate of drug-likeness (QED) is 0.450. The van der Waals surface area contributed by atoms with Crippen molar-refractivity contribution >= 4 is 15.9 Å². The molecule has 9 heteroatoms. The fourth-order valence-electron chi connectivity index (χ4n) is 7.10. The van der Waals surface area contributed by atoms with E-state index >= 15 is 0 Å². The fraction of sp³-hybridized carbons (Fsp3) is 0.774. The number of nitrogens with one attached hydrogen (secondary N) is 1. The number of carbonyl (C=O) groups is 1. The van der Waals surface area contributed by atoms with Crippen molar-refractivity contribution in [2.75, 3.05) is 53.4 Å². The predicted octanol–water partition coefficient (Wildman–Crippen LogP) is 4.19. The van der Waals surface area contributed by atoms with Crippen molar-refractivity contribution in [2.45, 2.75) is 96.0 Å². The molecule has 3 fully saturated rings. The van der Waals surface area contributed by atoms with E-state index in [4.69, 9.17) is 4.74 Å². The van der Waals surface area contributed by atoms with Crippen LogP contribution in [0.25, 0.3) is 0 Å². The molecule has 0 spiro atoms. The predicted molar refractivity (Wildman–Crippen MR) is 160 cm³/mol. The van der Waals surface area contributed by atoms with E-state index < -0.39 is 10.0 Å². The number of sulfonamides is 1. The minimum Gasteiger partial charge on any atom is -0.497 e. The molecule has 1 aliphatic carbocycles. The average Bonchev–Trinajstić information content (AvgIpc) is 3.25. The molecule has 1 aromatic rings. The van der Waals surface area contributed by atoms with Gasteiger partial charge in [-0.15, -0.1) is 0 Å². The van der Waals surface area contributed by atoms with Gasteiger partial charge in [0.25, 0.3) is 0 Å². The molecule has 226 valence electrons. The maximum atomic E-state index is 13.2. The molecule has 0 bridgehead atoms. The number of piperidine rings is 1. The average molecular weight is 577 g/mol. The molecule has 0 radical (unpaired) electrons. The van der Waals surface area contributed by atoms with Crippen molar-refractivity contribution in [2.24, 2.45) is 11.3 Å². The topological polar surface area (TPSA) is 82.2 Å². The number of hydrogen-bond acceptors (Lipinski definition) is 6. The van der Waals surface area contributed by atoms with E-state index in [-0.39, 0.29) is 24.9 Å². The first-order chi connectivity index (χ1) is 18.9. The normalized spacial score (nSPS) is 24.9. The molecule has 1 saturated carbocycles. The molecule has 4 rings (SSSR count). The van der Waals surface area contributed by atoms with Crippen molar-refractivity contribution in [3.8, 4) is 5.75 Å². The fourth-order valence-corrected chi connectivity index (χ4v) is 8.68. The summed E-state index contributed by atoms with van der Waals surface area (Å²) in [6.45, 7) is 14.7. The van der Waals surface area contributed by atoms with Gasteiger partial charge in [-0.2, -0.15) is 0 Å². The van der Waals surface area contributed by atoms with Gasteiger partial charge >= 0.3 is 0 Å². The highest BCUT2D eigenvalue weighted by atomic mass is 32.2. The van der Waals surface area contributed by atoms with Gasteiger partial charge in [0.2, 0.25) is 15.9 Å². The number of nitrogens with zero attached hydrogens (tertiary/aromatic N) is 3. The van der Waals surface area contributed by atoms with Gasteiger partial charge in [-0.1, -0.05) is 13.8 Å². The van der Waals surface area contributed by atoms with Gasteiger partial charge in [0.15, 0.2) is 0 Å². The van der Waals surface area contributed by atoms with Crippen LogP contribution in [0.2, 0.25) is 0 Å². The highest BCUT2D eigenvalue weighted by Crippen LogP contribution is 2.32. The maximum absolute atomic E-state index is 13.2. The Hall–Kier alpha value is -1.68. The first kappa shape index (κ1) is 31.3. The molecule has 0 atom stereocenters. The van der Waals surface area contributed by atoms with E-state index in [1.54, 1.807) is 40.1 Å². The molecule has 1 amide bonds. The molecule has 2 heterocycles. The van der Waals surface area contributed by atoms with Crippen LogP contribution in [0.1, 0.15) is 76.3 Å². The monoisotopic (exact) mass is 576 g/mol. The summed E-state index contributed by atoms with van der Waals surface area (Å²) in [6.07, 6.45) is 8.34. The molecular weight excluding hydrogens is 524 g/mol. The van der Waals surface area contributed by atoms with Crippen LogP contribution in [0.5, 0.6) is 5.75 Å². The van der Waals surface area contributed by atoms with E-state index in [2.05, 4.69) is 29.0 Å². The number of ether oxygens (including phenoxy) is 1. The molecule has 3 aliphatic rings. The largest absolute Gasteiger partial charge is 0.497 e. The molecule has 8 nitrogen and oxygen atoms in total. The first-order valence-electron chi connectivity index (χ1n) is 15.3. The second-order valence-corrected chi connectivity index (χ2v) is 15.4. The van der Waals surface area contributed by atoms with Crippen LogP contribution in [0.4, 0.5) is 0 Å². The van der Waals surface area contributed by atoms with E-state index in [0.717, 1.165) is 31.6 Å². The summed E-state index contributed by atoms with van der Waals surface area (Å²) in [6, 6.07) is 4.28. The zero-order chi connectivity index (χ0) is 29.1. The lowest BCUT2D eigenvalue weighted by Gasteiger charge is -2.41. The summed E-state index contributed by atoms with van der Waals surface area (Å²) in [5.74, 6) is 1.40. The third-order valence-electron chi connectivity index (χ3n) is 9.49. The minimum atomic E-state index is -3.70. The van der Waals surface area contributed by atoms with E-state index in [9.17, 15) is 13.2 Å². The van der Waals surface area contributed by atoms with Crippen molar-refractivity contribution in [3.63, 3.8) is 0 Å². The Morgan fingerprint density at radius 1 is 1.05 bits per heavy atom. The van der Waals surface area contributed by atoms with Gasteiger partial charge in [0, 0.05) is 45.2 Å². The summed E-state index contributed by atoms with van der Waals surface area (Å²) >= 11 is 0.